The number of aromatic nitrogens is 1. The van der Waals surface area contributed by atoms with Gasteiger partial charge in [0.1, 0.15) is 16.9 Å². The third kappa shape index (κ3) is 5.33. The number of carbonyl (C=O) groups excluding carboxylic acids is 2. The third-order valence-corrected chi connectivity index (χ3v) is 10.2. The largest absolute Gasteiger partial charge is 0.393 e. The summed E-state index contributed by atoms with van der Waals surface area (Å²) in [5.41, 5.74) is 2.30. The number of aliphatic hydroxyl groups is 2. The van der Waals surface area contributed by atoms with Crippen LogP contribution in [0.15, 0.2) is 34.6 Å². The van der Waals surface area contributed by atoms with Crippen molar-refractivity contribution in [1.29, 1.82) is 0 Å². The predicted octanol–water partition coefficient (Wildman–Crippen LogP) is 3.55. The van der Waals surface area contributed by atoms with Crippen LogP contribution in [-0.4, -0.2) is 47.0 Å². The molecule has 3 fully saturated rings. The van der Waals surface area contributed by atoms with Gasteiger partial charge in [-0.2, -0.15) is 0 Å². The molecule has 3 aliphatic carbocycles. The Morgan fingerprint density at radius 2 is 1.97 bits per heavy atom. The number of allylic oxidation sites excluding steroid dienone is 2. The predicted molar refractivity (Wildman–Crippen MR) is 132 cm³/mol. The van der Waals surface area contributed by atoms with Crippen LogP contribution in [0.2, 0.25) is 0 Å². The van der Waals surface area contributed by atoms with Crippen molar-refractivity contribution in [3.05, 3.63) is 51.5 Å². The molecule has 1 heterocycles. The summed E-state index contributed by atoms with van der Waals surface area (Å²) < 4.78 is 26.1. The fraction of sp³-hybridized carbons (Fsp3) is 0.500. The zero-order valence-corrected chi connectivity index (χ0v) is 21.0. The Balaban J connectivity index is 1.49. The van der Waals surface area contributed by atoms with E-state index >= 15 is 0 Å². The molecule has 9 heteroatoms. The van der Waals surface area contributed by atoms with Crippen molar-refractivity contribution in [1.82, 2.24) is 4.98 Å². The highest BCUT2D eigenvalue weighted by molar-refractivity contribution is 7.92. The van der Waals surface area contributed by atoms with Crippen molar-refractivity contribution < 1.29 is 28.2 Å². The molecule has 5 rings (SSSR count). The number of rotatable bonds is 10. The van der Waals surface area contributed by atoms with Crippen LogP contribution in [0, 0.1) is 5.92 Å². The van der Waals surface area contributed by atoms with Gasteiger partial charge >= 0.3 is 0 Å². The van der Waals surface area contributed by atoms with E-state index < -0.39 is 22.5 Å². The fourth-order valence-corrected chi connectivity index (χ4v) is 7.47. The summed E-state index contributed by atoms with van der Waals surface area (Å²) in [6.07, 6.45) is 5.71. The molecule has 0 bridgehead atoms. The summed E-state index contributed by atoms with van der Waals surface area (Å²) in [5, 5.41) is 20.8. The minimum atomic E-state index is -3.35. The summed E-state index contributed by atoms with van der Waals surface area (Å²) in [6, 6.07) is 5.26. The van der Waals surface area contributed by atoms with Crippen LogP contribution in [0.1, 0.15) is 78.8 Å². The SMILES string of the molecule is O=C1CC[C@H](/C=C(/C(=O)Cc2nc([C@H](O)CO)cs2)c2ccc(S(=O)(=O)C3CC3)c(C3CC3)c2)C1. The van der Waals surface area contributed by atoms with E-state index in [1.165, 1.54) is 11.3 Å². The lowest BCUT2D eigenvalue weighted by Gasteiger charge is -2.15. The van der Waals surface area contributed by atoms with Gasteiger partial charge in [0, 0.05) is 23.8 Å². The molecule has 3 saturated carbocycles. The Morgan fingerprint density at radius 3 is 2.60 bits per heavy atom. The van der Waals surface area contributed by atoms with Gasteiger partial charge in [-0.3, -0.25) is 9.59 Å². The van der Waals surface area contributed by atoms with Crippen molar-refractivity contribution >= 4 is 38.3 Å². The second kappa shape index (κ2) is 9.69. The van der Waals surface area contributed by atoms with Crippen molar-refractivity contribution in [2.45, 2.75) is 73.5 Å². The maximum atomic E-state index is 13.5. The van der Waals surface area contributed by atoms with Gasteiger partial charge in [-0.05, 0) is 67.2 Å². The molecule has 1 aromatic carbocycles. The molecule has 0 saturated heterocycles. The van der Waals surface area contributed by atoms with Crippen LogP contribution >= 0.6 is 11.3 Å². The topological polar surface area (TPSA) is 122 Å². The molecular weight excluding hydrogens is 486 g/mol. The van der Waals surface area contributed by atoms with Crippen LogP contribution in [0.4, 0.5) is 0 Å². The number of sulfone groups is 1. The molecule has 0 spiro atoms. The quantitative estimate of drug-likeness (QED) is 0.464. The number of thiazole rings is 1. The molecule has 35 heavy (non-hydrogen) atoms. The van der Waals surface area contributed by atoms with Crippen LogP contribution in [-0.2, 0) is 25.8 Å². The lowest BCUT2D eigenvalue weighted by molar-refractivity contribution is -0.117. The highest BCUT2D eigenvalue weighted by atomic mass is 32.2. The molecule has 2 aromatic rings. The number of hydrogen-bond acceptors (Lipinski definition) is 8. The van der Waals surface area contributed by atoms with E-state index in [0.29, 0.717) is 58.8 Å². The second-order valence-electron chi connectivity index (χ2n) is 9.86. The smallest absolute Gasteiger partial charge is 0.181 e. The molecule has 186 valence electrons. The number of ketones is 2. The maximum Gasteiger partial charge on any atom is 0.181 e. The summed E-state index contributed by atoms with van der Waals surface area (Å²) in [5.74, 6) is 0.196. The molecule has 0 aliphatic heterocycles. The first-order valence-corrected chi connectivity index (χ1v) is 14.6. The van der Waals surface area contributed by atoms with Crippen LogP contribution in [0.5, 0.6) is 0 Å². The van der Waals surface area contributed by atoms with E-state index in [1.54, 1.807) is 17.5 Å². The van der Waals surface area contributed by atoms with E-state index in [9.17, 15) is 23.1 Å². The first kappa shape index (κ1) is 24.5. The first-order chi connectivity index (χ1) is 16.8. The van der Waals surface area contributed by atoms with Crippen molar-refractivity contribution in [2.75, 3.05) is 6.61 Å². The van der Waals surface area contributed by atoms with E-state index in [1.807, 2.05) is 12.1 Å². The second-order valence-corrected chi connectivity index (χ2v) is 13.0. The lowest BCUT2D eigenvalue weighted by atomic mass is 9.92. The lowest BCUT2D eigenvalue weighted by Crippen LogP contribution is -2.12. The van der Waals surface area contributed by atoms with Gasteiger partial charge in [0.25, 0.3) is 0 Å². The minimum Gasteiger partial charge on any atom is -0.393 e. The molecule has 3 aliphatic rings. The Morgan fingerprint density at radius 1 is 1.20 bits per heavy atom. The number of aliphatic hydroxyl groups excluding tert-OH is 2. The minimum absolute atomic E-state index is 0.0240. The van der Waals surface area contributed by atoms with Gasteiger partial charge in [-0.15, -0.1) is 11.3 Å². The summed E-state index contributed by atoms with van der Waals surface area (Å²) >= 11 is 1.25. The Bertz CT molecular complexity index is 1290. The van der Waals surface area contributed by atoms with Crippen LogP contribution in [0.3, 0.4) is 0 Å². The van der Waals surface area contributed by atoms with Crippen LogP contribution in [0.25, 0.3) is 5.57 Å². The Hall–Kier alpha value is -2.20. The van der Waals surface area contributed by atoms with E-state index in [4.69, 9.17) is 5.11 Å². The van der Waals surface area contributed by atoms with Gasteiger partial charge in [0.05, 0.1) is 28.9 Å². The third-order valence-electron chi connectivity index (χ3n) is 6.99. The number of Topliss-reactive ketones (excluding diaryl/α,β-unsaturated/α-hetero) is 2. The first-order valence-electron chi connectivity index (χ1n) is 12.1. The van der Waals surface area contributed by atoms with Gasteiger partial charge in [-0.25, -0.2) is 13.4 Å². The van der Waals surface area contributed by atoms with E-state index in [0.717, 1.165) is 18.4 Å². The zero-order chi connectivity index (χ0) is 24.7. The zero-order valence-electron chi connectivity index (χ0n) is 19.4. The van der Waals surface area contributed by atoms with Crippen LogP contribution < -0.4 is 0 Å². The number of benzene rings is 1. The Labute approximate surface area is 208 Å². The standard InChI is InChI=1S/C26H29NO6S2/c28-13-24(31)22-14-34-26(27-22)12-23(30)20(10-15-1-5-18(29)9-15)17-4-8-25(21(11-17)16-2-3-16)35(32,33)19-6-7-19/h4,8,10-11,14-16,19,24,28,31H,1-3,5-7,9,12-13H2/b20-10+/t15-,24+/m0/s1. The molecular formula is C26H29NO6S2. The van der Waals surface area contributed by atoms with Crippen molar-refractivity contribution in [3.63, 3.8) is 0 Å². The monoisotopic (exact) mass is 515 g/mol. The van der Waals surface area contributed by atoms with Gasteiger partial charge in [0.2, 0.25) is 0 Å². The molecule has 0 amide bonds. The summed E-state index contributed by atoms with van der Waals surface area (Å²) in [4.78, 5) is 30.1. The normalized spacial score (nSPS) is 21.9. The summed E-state index contributed by atoms with van der Waals surface area (Å²) in [7, 11) is -3.35. The highest BCUT2D eigenvalue weighted by Gasteiger charge is 2.40. The molecule has 2 atom stereocenters. The van der Waals surface area contributed by atoms with E-state index in [2.05, 4.69) is 4.98 Å². The van der Waals surface area contributed by atoms with Gasteiger partial charge in [-0.1, -0.05) is 12.1 Å². The average molecular weight is 516 g/mol. The molecule has 1 aromatic heterocycles. The summed E-state index contributed by atoms with van der Waals surface area (Å²) in [6.45, 7) is -0.446. The molecule has 0 unspecified atom stereocenters. The number of hydrogen-bond donors (Lipinski definition) is 2. The Kier molecular flexibility index (Phi) is 6.78. The van der Waals surface area contributed by atoms with Crippen molar-refractivity contribution in [3.8, 4) is 0 Å². The average Bonchev–Trinajstić information content (AvgIpc) is 3.77. The fourth-order valence-electron chi connectivity index (χ4n) is 4.70. The van der Waals surface area contributed by atoms with Crippen molar-refractivity contribution in [2.24, 2.45) is 5.92 Å². The van der Waals surface area contributed by atoms with Gasteiger partial charge < -0.3 is 10.2 Å². The molecule has 7 nitrogen and oxygen atoms in total. The number of carbonyl (C=O) groups is 2. The highest BCUT2D eigenvalue weighted by Crippen LogP contribution is 2.46. The number of nitrogens with zero attached hydrogens (tertiary/aromatic N) is 1. The maximum absolute atomic E-state index is 13.5. The molecule has 2 N–H and O–H groups in total. The molecule has 0 radical (unpaired) electrons. The van der Waals surface area contributed by atoms with E-state index in [-0.39, 0.29) is 35.1 Å². The van der Waals surface area contributed by atoms with Gasteiger partial charge in [0.15, 0.2) is 15.6 Å².